The maximum absolute atomic E-state index is 12.2. The first-order valence-corrected chi connectivity index (χ1v) is 9.35. The van der Waals surface area contributed by atoms with Gasteiger partial charge < -0.3 is 20.3 Å². The van der Waals surface area contributed by atoms with Gasteiger partial charge in [0.05, 0.1) is 18.5 Å². The van der Waals surface area contributed by atoms with Crippen LogP contribution in [0.25, 0.3) is 0 Å². The molecule has 0 saturated heterocycles. The maximum atomic E-state index is 12.2. The van der Waals surface area contributed by atoms with Crippen molar-refractivity contribution in [1.82, 2.24) is 15.5 Å². The van der Waals surface area contributed by atoms with Crippen molar-refractivity contribution in [2.75, 3.05) is 44.0 Å². The Balaban J connectivity index is 1.71. The molecule has 2 N–H and O–H groups in total. The molecule has 1 aromatic carbocycles. The molecule has 1 heterocycles. The van der Waals surface area contributed by atoms with Crippen LogP contribution in [0.2, 0.25) is 0 Å². The Morgan fingerprint density at radius 1 is 1.15 bits per heavy atom. The number of hydrogen-bond acceptors (Lipinski definition) is 6. The van der Waals surface area contributed by atoms with Gasteiger partial charge in [-0.3, -0.25) is 4.79 Å². The number of hydrogen-bond donors (Lipinski definition) is 2. The minimum atomic E-state index is -0.109. The summed E-state index contributed by atoms with van der Waals surface area (Å²) in [6.45, 7) is 3.93. The van der Waals surface area contributed by atoms with Gasteiger partial charge in [-0.15, -0.1) is 5.10 Å². The van der Waals surface area contributed by atoms with Gasteiger partial charge in [0, 0.05) is 38.8 Å². The number of anilines is 2. The summed E-state index contributed by atoms with van der Waals surface area (Å²) in [6, 6.07) is 9.14. The molecule has 1 aromatic heterocycles. The van der Waals surface area contributed by atoms with Gasteiger partial charge in [0.15, 0.2) is 5.82 Å². The van der Waals surface area contributed by atoms with Gasteiger partial charge in [-0.2, -0.15) is 5.10 Å². The molecule has 0 bridgehead atoms. The van der Waals surface area contributed by atoms with E-state index in [4.69, 9.17) is 4.74 Å². The Morgan fingerprint density at radius 3 is 2.63 bits per heavy atom. The fraction of sp³-hybridized carbons (Fsp3) is 0.450. The second kappa shape index (κ2) is 11.0. The summed E-state index contributed by atoms with van der Waals surface area (Å²) in [5.41, 5.74) is 1.58. The third kappa shape index (κ3) is 7.13. The Hall–Kier alpha value is -2.83. The number of aromatic nitrogens is 2. The van der Waals surface area contributed by atoms with E-state index in [1.807, 2.05) is 37.2 Å². The van der Waals surface area contributed by atoms with Crippen molar-refractivity contribution < 1.29 is 9.53 Å². The Bertz CT molecular complexity index is 704. The predicted molar refractivity (Wildman–Crippen MR) is 109 cm³/mol. The van der Waals surface area contributed by atoms with E-state index in [2.05, 4.69) is 27.8 Å². The third-order valence-electron chi connectivity index (χ3n) is 4.01. The predicted octanol–water partition coefficient (Wildman–Crippen LogP) is 2.95. The van der Waals surface area contributed by atoms with E-state index in [9.17, 15) is 4.79 Å². The van der Waals surface area contributed by atoms with Crippen molar-refractivity contribution >= 4 is 17.4 Å². The number of amides is 1. The van der Waals surface area contributed by atoms with E-state index in [1.165, 1.54) is 12.8 Å². The molecule has 0 saturated carbocycles. The highest BCUT2D eigenvalue weighted by Gasteiger charge is 2.05. The van der Waals surface area contributed by atoms with E-state index in [-0.39, 0.29) is 5.91 Å². The number of nitrogens with one attached hydrogen (secondary N) is 2. The number of unbranched alkanes of at least 4 members (excludes halogenated alkanes) is 2. The zero-order valence-electron chi connectivity index (χ0n) is 16.4. The lowest BCUT2D eigenvalue weighted by Gasteiger charge is -2.13. The quantitative estimate of drug-likeness (QED) is 0.591. The first-order chi connectivity index (χ1) is 13.1. The molecule has 1 amide bonds. The van der Waals surface area contributed by atoms with Crippen LogP contribution >= 0.6 is 0 Å². The molecule has 0 aliphatic heterocycles. The SMILES string of the molecule is CCCCCOc1ccc(C(=O)NCCNc2cc(N(C)C)cnn2)cc1. The molecule has 0 aliphatic carbocycles. The Morgan fingerprint density at radius 2 is 1.93 bits per heavy atom. The lowest BCUT2D eigenvalue weighted by molar-refractivity contribution is 0.0955. The second-order valence-corrected chi connectivity index (χ2v) is 6.46. The molecule has 7 nitrogen and oxygen atoms in total. The average Bonchev–Trinajstić information content (AvgIpc) is 2.69. The van der Waals surface area contributed by atoms with Gasteiger partial charge in [-0.25, -0.2) is 0 Å². The van der Waals surface area contributed by atoms with Crippen molar-refractivity contribution in [2.24, 2.45) is 0 Å². The van der Waals surface area contributed by atoms with Gasteiger partial charge in [0.25, 0.3) is 5.91 Å². The van der Waals surface area contributed by atoms with Crippen LogP contribution in [-0.4, -0.2) is 49.9 Å². The van der Waals surface area contributed by atoms with Crippen LogP contribution < -0.4 is 20.3 Å². The lowest BCUT2D eigenvalue weighted by Crippen LogP contribution is -2.28. The van der Waals surface area contributed by atoms with Crippen molar-refractivity contribution in [3.8, 4) is 5.75 Å². The van der Waals surface area contributed by atoms with Gasteiger partial charge in [0.1, 0.15) is 5.75 Å². The summed E-state index contributed by atoms with van der Waals surface area (Å²) in [6.07, 6.45) is 5.09. The standard InChI is InChI=1S/C20H29N5O2/c1-4-5-6-13-27-18-9-7-16(8-10-18)20(26)22-12-11-21-19-14-17(25(2)3)15-23-24-19/h7-10,14-15H,4-6,11-13H2,1-3H3,(H,21,24)(H,22,26). The summed E-state index contributed by atoms with van der Waals surface area (Å²) in [7, 11) is 3.89. The van der Waals surface area contributed by atoms with Gasteiger partial charge in [-0.05, 0) is 30.7 Å². The van der Waals surface area contributed by atoms with Crippen molar-refractivity contribution in [1.29, 1.82) is 0 Å². The molecule has 7 heteroatoms. The van der Waals surface area contributed by atoms with E-state index in [1.54, 1.807) is 18.3 Å². The van der Waals surface area contributed by atoms with Crippen LogP contribution in [0.15, 0.2) is 36.5 Å². The molecule has 2 rings (SSSR count). The van der Waals surface area contributed by atoms with Gasteiger partial charge in [-0.1, -0.05) is 19.8 Å². The first kappa shape index (κ1) is 20.5. The van der Waals surface area contributed by atoms with Crippen molar-refractivity contribution in [3.05, 3.63) is 42.1 Å². The van der Waals surface area contributed by atoms with Crippen molar-refractivity contribution in [3.63, 3.8) is 0 Å². The molecule has 0 atom stereocenters. The summed E-state index contributed by atoms with van der Waals surface area (Å²) >= 11 is 0. The topological polar surface area (TPSA) is 79.4 Å². The normalized spacial score (nSPS) is 10.3. The lowest BCUT2D eigenvalue weighted by atomic mass is 10.2. The van der Waals surface area contributed by atoms with Crippen LogP contribution in [0.5, 0.6) is 5.75 Å². The number of carbonyl (C=O) groups is 1. The van der Waals surface area contributed by atoms with E-state index in [0.29, 0.717) is 31.1 Å². The van der Waals surface area contributed by atoms with Crippen LogP contribution in [0.3, 0.4) is 0 Å². The number of nitrogens with zero attached hydrogens (tertiary/aromatic N) is 3. The third-order valence-corrected chi connectivity index (χ3v) is 4.01. The van der Waals surface area contributed by atoms with E-state index in [0.717, 1.165) is 17.9 Å². The summed E-state index contributed by atoms with van der Waals surface area (Å²) < 4.78 is 5.66. The largest absolute Gasteiger partial charge is 0.494 e. The molecule has 0 spiro atoms. The highest BCUT2D eigenvalue weighted by atomic mass is 16.5. The van der Waals surface area contributed by atoms with Crippen LogP contribution in [0, 0.1) is 0 Å². The number of benzene rings is 1. The fourth-order valence-electron chi connectivity index (χ4n) is 2.40. The van der Waals surface area contributed by atoms with Gasteiger partial charge >= 0.3 is 0 Å². The number of rotatable bonds is 11. The maximum Gasteiger partial charge on any atom is 0.251 e. The number of carbonyl (C=O) groups excluding carboxylic acids is 1. The molecule has 2 aromatic rings. The molecule has 0 radical (unpaired) electrons. The zero-order valence-corrected chi connectivity index (χ0v) is 16.4. The van der Waals surface area contributed by atoms with Crippen LogP contribution in [0.4, 0.5) is 11.5 Å². The van der Waals surface area contributed by atoms with Gasteiger partial charge in [0.2, 0.25) is 0 Å². The molecular weight excluding hydrogens is 342 g/mol. The zero-order chi connectivity index (χ0) is 19.5. The minimum absolute atomic E-state index is 0.109. The number of ether oxygens (including phenoxy) is 1. The molecule has 0 unspecified atom stereocenters. The highest BCUT2D eigenvalue weighted by Crippen LogP contribution is 2.13. The summed E-state index contributed by atoms with van der Waals surface area (Å²) in [5.74, 6) is 1.37. The Kier molecular flexibility index (Phi) is 8.35. The molecule has 0 aliphatic rings. The van der Waals surface area contributed by atoms with Crippen LogP contribution in [0.1, 0.15) is 36.5 Å². The molecule has 0 fully saturated rings. The minimum Gasteiger partial charge on any atom is -0.494 e. The second-order valence-electron chi connectivity index (χ2n) is 6.46. The fourth-order valence-corrected chi connectivity index (χ4v) is 2.40. The molecule has 146 valence electrons. The van der Waals surface area contributed by atoms with E-state index < -0.39 is 0 Å². The highest BCUT2D eigenvalue weighted by molar-refractivity contribution is 5.94. The Labute approximate surface area is 161 Å². The molecule has 27 heavy (non-hydrogen) atoms. The molecular formula is C20H29N5O2. The summed E-state index contributed by atoms with van der Waals surface area (Å²) in [4.78, 5) is 14.2. The smallest absolute Gasteiger partial charge is 0.251 e. The van der Waals surface area contributed by atoms with E-state index >= 15 is 0 Å². The first-order valence-electron chi connectivity index (χ1n) is 9.35. The average molecular weight is 371 g/mol. The summed E-state index contributed by atoms with van der Waals surface area (Å²) in [5, 5.41) is 14.0. The monoisotopic (exact) mass is 371 g/mol. The van der Waals surface area contributed by atoms with Crippen LogP contribution in [-0.2, 0) is 0 Å². The van der Waals surface area contributed by atoms with Crippen molar-refractivity contribution in [2.45, 2.75) is 26.2 Å².